The number of hydrogen-bond donors (Lipinski definition) is 1. The van der Waals surface area contributed by atoms with Crippen molar-refractivity contribution in [3.63, 3.8) is 0 Å². The van der Waals surface area contributed by atoms with Crippen LogP contribution in [0, 0.1) is 5.41 Å². The van der Waals surface area contributed by atoms with E-state index in [0.29, 0.717) is 11.4 Å². The standard InChI is InChI=1S/C13H18N2O3S/c1-13(2,3)9-19(17,18)15-8-12(16)14-10-6-4-5-7-11(10)15/h4-7H,8-9H2,1-3H3,(H,14,16). The molecule has 0 atom stereocenters. The van der Waals surface area contributed by atoms with E-state index in [1.54, 1.807) is 24.3 Å². The highest BCUT2D eigenvalue weighted by Gasteiger charge is 2.33. The number of hydrogen-bond acceptors (Lipinski definition) is 3. The molecule has 104 valence electrons. The molecule has 6 heteroatoms. The van der Waals surface area contributed by atoms with Crippen LogP contribution in [-0.4, -0.2) is 26.6 Å². The van der Waals surface area contributed by atoms with Gasteiger partial charge in [0, 0.05) is 0 Å². The molecule has 0 radical (unpaired) electrons. The van der Waals surface area contributed by atoms with Crippen molar-refractivity contribution in [3.05, 3.63) is 24.3 Å². The summed E-state index contributed by atoms with van der Waals surface area (Å²) in [6, 6.07) is 6.93. The molecule has 0 fully saturated rings. The van der Waals surface area contributed by atoms with Crippen LogP contribution in [0.1, 0.15) is 20.8 Å². The lowest BCUT2D eigenvalue weighted by Crippen LogP contribution is -2.44. The van der Waals surface area contributed by atoms with Crippen molar-refractivity contribution in [1.29, 1.82) is 0 Å². The van der Waals surface area contributed by atoms with Gasteiger partial charge < -0.3 is 5.32 Å². The number of rotatable bonds is 2. The average molecular weight is 282 g/mol. The SMILES string of the molecule is CC(C)(C)CS(=O)(=O)N1CC(=O)Nc2ccccc21. The van der Waals surface area contributed by atoms with Crippen LogP contribution in [0.4, 0.5) is 11.4 Å². The summed E-state index contributed by atoms with van der Waals surface area (Å²) in [6.45, 7) is 5.43. The van der Waals surface area contributed by atoms with Gasteiger partial charge >= 0.3 is 0 Å². The normalized spacial score (nSPS) is 15.9. The Labute approximate surface area is 113 Å². The molecular weight excluding hydrogens is 264 g/mol. The third-order valence-corrected chi connectivity index (χ3v) is 4.91. The molecule has 2 rings (SSSR count). The average Bonchev–Trinajstić information content (AvgIpc) is 2.24. The van der Waals surface area contributed by atoms with Crippen molar-refractivity contribution in [3.8, 4) is 0 Å². The van der Waals surface area contributed by atoms with Crippen LogP contribution in [0.3, 0.4) is 0 Å². The number of nitrogens with one attached hydrogen (secondary N) is 1. The van der Waals surface area contributed by atoms with Gasteiger partial charge in [0.1, 0.15) is 6.54 Å². The smallest absolute Gasteiger partial charge is 0.245 e. The Bertz CT molecular complexity index is 603. The number of anilines is 2. The second-order valence-corrected chi connectivity index (χ2v) is 7.78. The van der Waals surface area contributed by atoms with Crippen LogP contribution < -0.4 is 9.62 Å². The lowest BCUT2D eigenvalue weighted by molar-refractivity contribution is -0.115. The summed E-state index contributed by atoms with van der Waals surface area (Å²) in [4.78, 5) is 11.6. The van der Waals surface area contributed by atoms with Crippen LogP contribution in [0.15, 0.2) is 24.3 Å². The van der Waals surface area contributed by atoms with Gasteiger partial charge in [-0.1, -0.05) is 32.9 Å². The number of amides is 1. The minimum Gasteiger partial charge on any atom is -0.323 e. The third kappa shape index (κ3) is 3.07. The van der Waals surface area contributed by atoms with Gasteiger partial charge in [0.2, 0.25) is 15.9 Å². The molecule has 0 spiro atoms. The van der Waals surface area contributed by atoms with Gasteiger partial charge in [-0.15, -0.1) is 0 Å². The van der Waals surface area contributed by atoms with E-state index in [2.05, 4.69) is 5.32 Å². The molecular formula is C13H18N2O3S. The van der Waals surface area contributed by atoms with Crippen molar-refractivity contribution >= 4 is 27.3 Å². The van der Waals surface area contributed by atoms with Gasteiger partial charge in [0.25, 0.3) is 0 Å². The van der Waals surface area contributed by atoms with Crippen molar-refractivity contribution in [2.45, 2.75) is 20.8 Å². The predicted octanol–water partition coefficient (Wildman–Crippen LogP) is 1.82. The van der Waals surface area contributed by atoms with E-state index in [0.717, 1.165) is 0 Å². The number of carbonyl (C=O) groups excluding carboxylic acids is 1. The lowest BCUT2D eigenvalue weighted by Gasteiger charge is -2.32. The third-order valence-electron chi connectivity index (χ3n) is 2.69. The monoisotopic (exact) mass is 282 g/mol. The maximum Gasteiger partial charge on any atom is 0.245 e. The molecule has 1 aromatic carbocycles. The number of nitrogens with zero attached hydrogens (tertiary/aromatic N) is 1. The molecule has 1 amide bonds. The first-order chi connectivity index (χ1) is 8.69. The summed E-state index contributed by atoms with van der Waals surface area (Å²) in [5.41, 5.74) is 0.712. The Balaban J connectivity index is 2.43. The lowest BCUT2D eigenvalue weighted by atomic mass is 10.0. The largest absolute Gasteiger partial charge is 0.323 e. The maximum atomic E-state index is 12.5. The first-order valence-corrected chi connectivity index (χ1v) is 7.69. The van der Waals surface area contributed by atoms with Gasteiger partial charge in [-0.3, -0.25) is 9.10 Å². The Kier molecular flexibility index (Phi) is 3.30. The molecule has 0 saturated heterocycles. The van der Waals surface area contributed by atoms with E-state index in [9.17, 15) is 13.2 Å². The fourth-order valence-electron chi connectivity index (χ4n) is 2.08. The Hall–Kier alpha value is -1.56. The highest BCUT2D eigenvalue weighted by atomic mass is 32.2. The topological polar surface area (TPSA) is 66.5 Å². The summed E-state index contributed by atoms with van der Waals surface area (Å²) in [5.74, 6) is -0.307. The van der Waals surface area contributed by atoms with Crippen molar-refractivity contribution in [1.82, 2.24) is 0 Å². The van der Waals surface area contributed by atoms with Crippen molar-refractivity contribution in [2.24, 2.45) is 5.41 Å². The van der Waals surface area contributed by atoms with E-state index in [4.69, 9.17) is 0 Å². The van der Waals surface area contributed by atoms with Crippen LogP contribution >= 0.6 is 0 Å². The molecule has 1 heterocycles. The maximum absolute atomic E-state index is 12.5. The van der Waals surface area contributed by atoms with E-state index >= 15 is 0 Å². The molecule has 5 nitrogen and oxygen atoms in total. The number of para-hydroxylation sites is 2. The fourth-order valence-corrected chi connectivity index (χ4v) is 4.10. The first kappa shape index (κ1) is 13.9. The zero-order valence-electron chi connectivity index (χ0n) is 11.3. The molecule has 0 aromatic heterocycles. The summed E-state index contributed by atoms with van der Waals surface area (Å²) < 4.78 is 26.1. The molecule has 0 bridgehead atoms. The number of sulfonamides is 1. The van der Waals surface area contributed by atoms with Crippen LogP contribution in [0.25, 0.3) is 0 Å². The molecule has 1 N–H and O–H groups in total. The van der Waals surface area contributed by atoms with E-state index in [1.165, 1.54) is 4.31 Å². The van der Waals surface area contributed by atoms with Crippen LogP contribution in [0.2, 0.25) is 0 Å². The van der Waals surface area contributed by atoms with Crippen LogP contribution in [0.5, 0.6) is 0 Å². The predicted molar refractivity (Wildman–Crippen MR) is 75.7 cm³/mol. The fraction of sp³-hybridized carbons (Fsp3) is 0.462. The first-order valence-electron chi connectivity index (χ1n) is 6.08. The van der Waals surface area contributed by atoms with Crippen LogP contribution in [-0.2, 0) is 14.8 Å². The summed E-state index contributed by atoms with van der Waals surface area (Å²) >= 11 is 0. The molecule has 1 aliphatic heterocycles. The second kappa shape index (κ2) is 4.52. The molecule has 0 saturated carbocycles. The van der Waals surface area contributed by atoms with E-state index in [-0.39, 0.29) is 23.6 Å². The van der Waals surface area contributed by atoms with Gasteiger partial charge in [0.15, 0.2) is 0 Å². The van der Waals surface area contributed by atoms with Gasteiger partial charge in [-0.05, 0) is 17.5 Å². The molecule has 1 aromatic rings. The quantitative estimate of drug-likeness (QED) is 0.899. The summed E-state index contributed by atoms with van der Waals surface area (Å²) in [7, 11) is -3.51. The molecule has 1 aliphatic rings. The number of carbonyl (C=O) groups is 1. The van der Waals surface area contributed by atoms with Gasteiger partial charge in [-0.2, -0.15) is 0 Å². The molecule has 0 unspecified atom stereocenters. The number of benzene rings is 1. The minimum absolute atomic E-state index is 0.00160. The number of fused-ring (bicyclic) bond motifs is 1. The zero-order chi connectivity index (χ0) is 14.3. The highest BCUT2D eigenvalue weighted by Crippen LogP contribution is 2.32. The molecule has 19 heavy (non-hydrogen) atoms. The van der Waals surface area contributed by atoms with Crippen molar-refractivity contribution < 1.29 is 13.2 Å². The Morgan fingerprint density at radius 1 is 1.26 bits per heavy atom. The summed E-state index contributed by atoms with van der Waals surface area (Å²) in [6.07, 6.45) is 0. The van der Waals surface area contributed by atoms with E-state index in [1.807, 2.05) is 20.8 Å². The summed E-state index contributed by atoms with van der Waals surface area (Å²) in [5, 5.41) is 2.68. The zero-order valence-corrected chi connectivity index (χ0v) is 12.1. The Morgan fingerprint density at radius 3 is 2.53 bits per heavy atom. The molecule has 0 aliphatic carbocycles. The minimum atomic E-state index is -3.51. The van der Waals surface area contributed by atoms with Gasteiger partial charge in [0.05, 0.1) is 17.1 Å². The highest BCUT2D eigenvalue weighted by molar-refractivity contribution is 7.92. The Morgan fingerprint density at radius 2 is 1.89 bits per heavy atom. The van der Waals surface area contributed by atoms with Crippen molar-refractivity contribution in [2.75, 3.05) is 21.9 Å². The van der Waals surface area contributed by atoms with Gasteiger partial charge in [-0.25, -0.2) is 8.42 Å². The second-order valence-electron chi connectivity index (χ2n) is 5.89. The van der Waals surface area contributed by atoms with E-state index < -0.39 is 10.0 Å².